The van der Waals surface area contributed by atoms with Gasteiger partial charge in [-0.3, -0.25) is 4.79 Å². The van der Waals surface area contributed by atoms with Crippen LogP contribution in [0.5, 0.6) is 17.2 Å². The van der Waals surface area contributed by atoms with Crippen molar-refractivity contribution < 1.29 is 23.4 Å². The van der Waals surface area contributed by atoms with Crippen molar-refractivity contribution in [2.24, 2.45) is 0 Å². The van der Waals surface area contributed by atoms with Crippen molar-refractivity contribution in [3.63, 3.8) is 0 Å². The summed E-state index contributed by atoms with van der Waals surface area (Å²) in [5.41, 5.74) is 1.71. The van der Waals surface area contributed by atoms with Gasteiger partial charge in [-0.1, -0.05) is 24.3 Å². The van der Waals surface area contributed by atoms with Gasteiger partial charge in [-0.05, 0) is 24.1 Å². The summed E-state index contributed by atoms with van der Waals surface area (Å²) in [6.07, 6.45) is 2.54. The lowest BCUT2D eigenvalue weighted by atomic mass is 9.97. The fraction of sp³-hybridized carbons (Fsp3) is 0.250. The average molecular weight is 421 g/mol. The molecule has 1 amide bonds. The van der Waals surface area contributed by atoms with Crippen LogP contribution in [0.15, 0.2) is 57.8 Å². The first kappa shape index (κ1) is 20.5. The molecule has 0 unspecified atom stereocenters. The van der Waals surface area contributed by atoms with Gasteiger partial charge in [-0.2, -0.15) is 0 Å². The van der Waals surface area contributed by atoms with Gasteiger partial charge in [0.2, 0.25) is 0 Å². The number of nitrogens with zero attached hydrogens (tertiary/aromatic N) is 1. The zero-order valence-electron chi connectivity index (χ0n) is 17.6. The molecule has 0 spiro atoms. The monoisotopic (exact) mass is 421 g/mol. The Hall–Kier alpha value is -3.74. The molecule has 3 aromatic rings. The minimum absolute atomic E-state index is 0.0372. The first-order valence-corrected chi connectivity index (χ1v) is 9.87. The SMILES string of the molecule is COc1cc(OC)c(C2=CCN(C(=O)c3cc4ccccc4oc3=O)CC2)c(OC)c1. The van der Waals surface area contributed by atoms with E-state index in [2.05, 4.69) is 0 Å². The van der Waals surface area contributed by atoms with E-state index < -0.39 is 5.63 Å². The highest BCUT2D eigenvalue weighted by Gasteiger charge is 2.25. The minimum atomic E-state index is -0.628. The number of carbonyl (C=O) groups is 1. The van der Waals surface area contributed by atoms with Gasteiger partial charge in [-0.25, -0.2) is 4.79 Å². The second-order valence-corrected chi connectivity index (χ2v) is 7.12. The van der Waals surface area contributed by atoms with Gasteiger partial charge in [0.1, 0.15) is 28.4 Å². The van der Waals surface area contributed by atoms with Crippen molar-refractivity contribution in [3.05, 3.63) is 70.1 Å². The largest absolute Gasteiger partial charge is 0.496 e. The Labute approximate surface area is 179 Å². The molecule has 31 heavy (non-hydrogen) atoms. The van der Waals surface area contributed by atoms with Crippen LogP contribution in [0.2, 0.25) is 0 Å². The lowest BCUT2D eigenvalue weighted by molar-refractivity contribution is 0.0769. The first-order chi connectivity index (χ1) is 15.0. The molecule has 1 aliphatic rings. The van der Waals surface area contributed by atoms with Crippen LogP contribution >= 0.6 is 0 Å². The Morgan fingerprint density at radius 3 is 2.32 bits per heavy atom. The van der Waals surface area contributed by atoms with Gasteiger partial charge in [0.25, 0.3) is 5.91 Å². The van der Waals surface area contributed by atoms with Crippen molar-refractivity contribution in [1.82, 2.24) is 4.90 Å². The van der Waals surface area contributed by atoms with E-state index in [1.807, 2.05) is 18.2 Å². The molecule has 0 aliphatic carbocycles. The summed E-state index contributed by atoms with van der Waals surface area (Å²) in [5.74, 6) is 1.56. The number of amides is 1. The van der Waals surface area contributed by atoms with Crippen LogP contribution in [-0.2, 0) is 0 Å². The molecule has 7 nitrogen and oxygen atoms in total. The second-order valence-electron chi connectivity index (χ2n) is 7.12. The summed E-state index contributed by atoms with van der Waals surface area (Å²) in [4.78, 5) is 27.0. The maximum atomic E-state index is 13.0. The Bertz CT molecular complexity index is 1200. The van der Waals surface area contributed by atoms with Crippen LogP contribution in [0.1, 0.15) is 22.3 Å². The Balaban J connectivity index is 1.62. The number of ether oxygens (including phenoxy) is 3. The normalized spacial score (nSPS) is 13.6. The summed E-state index contributed by atoms with van der Waals surface area (Å²) in [6, 6.07) is 12.3. The van der Waals surface area contributed by atoms with E-state index >= 15 is 0 Å². The van der Waals surface area contributed by atoms with Crippen LogP contribution in [-0.4, -0.2) is 45.2 Å². The Morgan fingerprint density at radius 1 is 1.00 bits per heavy atom. The molecule has 160 valence electrons. The molecule has 1 aromatic heterocycles. The molecule has 2 heterocycles. The molecule has 2 aromatic carbocycles. The molecule has 0 bridgehead atoms. The van der Waals surface area contributed by atoms with E-state index in [-0.39, 0.29) is 11.5 Å². The topological polar surface area (TPSA) is 78.2 Å². The summed E-state index contributed by atoms with van der Waals surface area (Å²) in [7, 11) is 4.77. The van der Waals surface area contributed by atoms with Crippen molar-refractivity contribution in [3.8, 4) is 17.2 Å². The van der Waals surface area contributed by atoms with Crippen LogP contribution in [0.25, 0.3) is 16.5 Å². The Morgan fingerprint density at radius 2 is 1.71 bits per heavy atom. The average Bonchev–Trinajstić information content (AvgIpc) is 2.82. The number of methoxy groups -OCH3 is 3. The molecular weight excluding hydrogens is 398 g/mol. The molecular formula is C24H23NO6. The zero-order chi connectivity index (χ0) is 22.0. The van der Waals surface area contributed by atoms with Crippen molar-refractivity contribution >= 4 is 22.4 Å². The van der Waals surface area contributed by atoms with Crippen LogP contribution in [0, 0.1) is 0 Å². The number of rotatable bonds is 5. The van der Waals surface area contributed by atoms with Crippen molar-refractivity contribution in [1.29, 1.82) is 0 Å². The molecule has 0 N–H and O–H groups in total. The molecule has 0 atom stereocenters. The van der Waals surface area contributed by atoms with Gasteiger partial charge >= 0.3 is 5.63 Å². The summed E-state index contributed by atoms with van der Waals surface area (Å²) in [6.45, 7) is 0.814. The number of para-hydroxylation sites is 1. The lowest BCUT2D eigenvalue weighted by Crippen LogP contribution is -2.37. The number of hydrogen-bond acceptors (Lipinski definition) is 6. The second kappa shape index (κ2) is 8.55. The number of hydrogen-bond donors (Lipinski definition) is 0. The lowest BCUT2D eigenvalue weighted by Gasteiger charge is -2.27. The third-order valence-electron chi connectivity index (χ3n) is 5.40. The van der Waals surface area contributed by atoms with E-state index in [0.29, 0.717) is 47.7 Å². The number of carbonyl (C=O) groups excluding carboxylic acids is 1. The molecule has 0 saturated heterocycles. The van der Waals surface area contributed by atoms with E-state index in [1.165, 1.54) is 0 Å². The maximum absolute atomic E-state index is 13.0. The number of benzene rings is 2. The van der Waals surface area contributed by atoms with Crippen LogP contribution in [0.4, 0.5) is 0 Å². The maximum Gasteiger partial charge on any atom is 0.349 e. The van der Waals surface area contributed by atoms with Gasteiger partial charge in [0, 0.05) is 30.6 Å². The predicted molar refractivity (Wildman–Crippen MR) is 117 cm³/mol. The molecule has 0 saturated carbocycles. The van der Waals surface area contributed by atoms with E-state index in [9.17, 15) is 9.59 Å². The van der Waals surface area contributed by atoms with Crippen LogP contribution in [0.3, 0.4) is 0 Å². The zero-order valence-corrected chi connectivity index (χ0v) is 17.6. The summed E-state index contributed by atoms with van der Waals surface area (Å²) in [5, 5.41) is 0.714. The van der Waals surface area contributed by atoms with Gasteiger partial charge in [0.05, 0.1) is 26.9 Å². The standard InChI is InChI=1S/C24H23NO6/c1-28-17-13-20(29-2)22(21(14-17)30-3)15-8-10-25(11-9-15)23(26)18-12-16-6-4-5-7-19(16)31-24(18)27/h4-8,12-14H,9-11H2,1-3H3. The van der Waals surface area contributed by atoms with E-state index in [0.717, 1.165) is 11.1 Å². The third-order valence-corrected chi connectivity index (χ3v) is 5.40. The number of fused-ring (bicyclic) bond motifs is 1. The molecule has 1 aliphatic heterocycles. The van der Waals surface area contributed by atoms with Crippen LogP contribution < -0.4 is 19.8 Å². The smallest absolute Gasteiger partial charge is 0.349 e. The van der Waals surface area contributed by atoms with Crippen molar-refractivity contribution in [2.75, 3.05) is 34.4 Å². The Kier molecular flexibility index (Phi) is 5.66. The molecule has 0 radical (unpaired) electrons. The van der Waals surface area contributed by atoms with Gasteiger partial charge < -0.3 is 23.5 Å². The summed E-state index contributed by atoms with van der Waals surface area (Å²) >= 11 is 0. The van der Waals surface area contributed by atoms with Gasteiger partial charge in [-0.15, -0.1) is 0 Å². The predicted octanol–water partition coefficient (Wildman–Crippen LogP) is 3.75. The van der Waals surface area contributed by atoms with Crippen molar-refractivity contribution in [2.45, 2.75) is 6.42 Å². The van der Waals surface area contributed by atoms with E-state index in [1.54, 1.807) is 56.6 Å². The van der Waals surface area contributed by atoms with E-state index in [4.69, 9.17) is 18.6 Å². The van der Waals surface area contributed by atoms with Gasteiger partial charge in [0.15, 0.2) is 0 Å². The highest BCUT2D eigenvalue weighted by molar-refractivity contribution is 5.97. The fourth-order valence-electron chi connectivity index (χ4n) is 3.78. The highest BCUT2D eigenvalue weighted by Crippen LogP contribution is 2.40. The summed E-state index contributed by atoms with van der Waals surface area (Å²) < 4.78 is 21.7. The fourth-order valence-corrected chi connectivity index (χ4v) is 3.78. The minimum Gasteiger partial charge on any atom is -0.496 e. The first-order valence-electron chi connectivity index (χ1n) is 9.87. The highest BCUT2D eigenvalue weighted by atomic mass is 16.5. The quantitative estimate of drug-likeness (QED) is 0.584. The molecule has 0 fully saturated rings. The molecule has 7 heteroatoms. The third kappa shape index (κ3) is 3.86. The molecule has 4 rings (SSSR count).